The first kappa shape index (κ1) is 16.4. The third-order valence-electron chi connectivity index (χ3n) is 4.00. The lowest BCUT2D eigenvalue weighted by atomic mass is 9.81. The number of rotatable bonds is 4. The predicted molar refractivity (Wildman–Crippen MR) is 75.5 cm³/mol. The minimum absolute atomic E-state index is 0.0985. The second kappa shape index (κ2) is 5.38. The number of carbonyl (C=O) groups is 2. The zero-order valence-electron chi connectivity index (χ0n) is 11.7. The second-order valence-corrected chi connectivity index (χ2v) is 6.89. The SMILES string of the molecule is CC1(C)CC(C(NC(=O)CBr)C(N)=O)C(C)(C)[NH+]1[O-]. The Hall–Kier alpha value is -0.660. The highest BCUT2D eigenvalue weighted by Crippen LogP contribution is 2.33. The van der Waals surface area contributed by atoms with Crippen LogP contribution in [0.3, 0.4) is 0 Å². The first-order valence-corrected chi connectivity index (χ1v) is 7.35. The van der Waals surface area contributed by atoms with E-state index in [2.05, 4.69) is 21.2 Å². The highest BCUT2D eigenvalue weighted by atomic mass is 79.9. The van der Waals surface area contributed by atoms with Gasteiger partial charge in [-0.3, -0.25) is 9.59 Å². The third-order valence-corrected chi connectivity index (χ3v) is 4.51. The predicted octanol–water partition coefficient (Wildman–Crippen LogP) is -0.689. The Morgan fingerprint density at radius 2 is 2.00 bits per heavy atom. The number of amides is 2. The van der Waals surface area contributed by atoms with Crippen molar-refractivity contribution >= 4 is 27.7 Å². The molecule has 0 bridgehead atoms. The van der Waals surface area contributed by atoms with Crippen molar-refractivity contribution in [3.8, 4) is 0 Å². The summed E-state index contributed by atoms with van der Waals surface area (Å²) in [4.78, 5) is 23.1. The molecule has 110 valence electrons. The maximum Gasteiger partial charge on any atom is 0.240 e. The highest BCUT2D eigenvalue weighted by Gasteiger charge is 2.56. The largest absolute Gasteiger partial charge is 0.634 e. The number of nitrogens with one attached hydrogen (secondary N) is 2. The monoisotopic (exact) mass is 335 g/mol. The van der Waals surface area contributed by atoms with Crippen molar-refractivity contribution in [1.82, 2.24) is 5.32 Å². The minimum Gasteiger partial charge on any atom is -0.634 e. The topological polar surface area (TPSA) is 99.7 Å². The molecule has 1 rings (SSSR count). The van der Waals surface area contributed by atoms with Crippen molar-refractivity contribution in [2.75, 3.05) is 5.33 Å². The number of hydrogen-bond acceptors (Lipinski definition) is 3. The molecule has 4 N–H and O–H groups in total. The summed E-state index contributed by atoms with van der Waals surface area (Å²) < 4.78 is 0. The smallest absolute Gasteiger partial charge is 0.240 e. The lowest BCUT2D eigenvalue weighted by Gasteiger charge is -2.42. The van der Waals surface area contributed by atoms with Gasteiger partial charge in [-0.05, 0) is 27.7 Å². The molecular formula is C12H22BrN3O3. The number of nitrogens with two attached hydrogens (primary N) is 1. The number of halogens is 1. The van der Waals surface area contributed by atoms with E-state index in [9.17, 15) is 14.8 Å². The maximum atomic E-state index is 12.4. The average Bonchev–Trinajstić information content (AvgIpc) is 2.46. The van der Waals surface area contributed by atoms with Crippen LogP contribution >= 0.6 is 15.9 Å². The first-order valence-electron chi connectivity index (χ1n) is 6.23. The summed E-state index contributed by atoms with van der Waals surface area (Å²) in [7, 11) is 0. The molecule has 0 spiro atoms. The zero-order chi connectivity index (χ0) is 15.0. The molecule has 3 atom stereocenters. The fourth-order valence-electron chi connectivity index (χ4n) is 3.05. The molecule has 1 fully saturated rings. The van der Waals surface area contributed by atoms with E-state index in [4.69, 9.17) is 5.73 Å². The highest BCUT2D eigenvalue weighted by molar-refractivity contribution is 9.09. The molecule has 6 nitrogen and oxygen atoms in total. The van der Waals surface area contributed by atoms with Gasteiger partial charge >= 0.3 is 0 Å². The summed E-state index contributed by atoms with van der Waals surface area (Å²) in [5.41, 5.74) is 4.22. The van der Waals surface area contributed by atoms with Gasteiger partial charge in [-0.2, -0.15) is 0 Å². The Balaban J connectivity index is 3.04. The summed E-state index contributed by atoms with van der Waals surface area (Å²) in [5.74, 6) is -1.19. The van der Waals surface area contributed by atoms with Gasteiger partial charge in [0.25, 0.3) is 0 Å². The molecule has 0 aliphatic carbocycles. The molecular weight excluding hydrogens is 314 g/mol. The molecule has 1 heterocycles. The summed E-state index contributed by atoms with van der Waals surface area (Å²) in [6.45, 7) is 7.35. The molecule has 0 aromatic heterocycles. The second-order valence-electron chi connectivity index (χ2n) is 6.33. The first-order chi connectivity index (χ1) is 8.54. The van der Waals surface area contributed by atoms with E-state index in [1.165, 1.54) is 0 Å². The summed E-state index contributed by atoms with van der Waals surface area (Å²) in [5, 5.41) is 15.2. The van der Waals surface area contributed by atoms with Gasteiger partial charge < -0.3 is 21.3 Å². The Morgan fingerprint density at radius 3 is 2.32 bits per heavy atom. The van der Waals surface area contributed by atoms with E-state index >= 15 is 0 Å². The third kappa shape index (κ3) is 3.09. The van der Waals surface area contributed by atoms with Gasteiger partial charge in [0.05, 0.1) is 16.4 Å². The van der Waals surface area contributed by atoms with E-state index in [0.29, 0.717) is 6.42 Å². The fraction of sp³-hybridized carbons (Fsp3) is 0.833. The van der Waals surface area contributed by atoms with E-state index in [-0.39, 0.29) is 22.2 Å². The molecule has 2 amide bonds. The fourth-order valence-corrected chi connectivity index (χ4v) is 3.22. The lowest BCUT2D eigenvalue weighted by Crippen LogP contribution is -3.19. The molecule has 0 saturated carbocycles. The van der Waals surface area contributed by atoms with E-state index in [0.717, 1.165) is 0 Å². The number of hydrogen-bond donors (Lipinski definition) is 3. The van der Waals surface area contributed by atoms with Crippen LogP contribution in [0.4, 0.5) is 0 Å². The van der Waals surface area contributed by atoms with Crippen LogP contribution in [0.2, 0.25) is 0 Å². The van der Waals surface area contributed by atoms with Crippen LogP contribution in [-0.2, 0) is 9.59 Å². The van der Waals surface area contributed by atoms with E-state index in [1.54, 1.807) is 0 Å². The maximum absolute atomic E-state index is 12.4. The van der Waals surface area contributed by atoms with Crippen molar-refractivity contribution in [3.05, 3.63) is 5.21 Å². The van der Waals surface area contributed by atoms with Crippen LogP contribution in [0.25, 0.3) is 0 Å². The number of quaternary nitrogens is 1. The standard InChI is InChI=1S/C12H22BrN3O3/c1-11(2)5-7(12(3,4)16(11)19)9(10(14)18)15-8(17)6-13/h7,9,16H,5-6H2,1-4H3,(H2,14,18)(H,15,17). The van der Waals surface area contributed by atoms with Crippen LogP contribution < -0.4 is 16.1 Å². The van der Waals surface area contributed by atoms with Gasteiger partial charge in [0.1, 0.15) is 6.04 Å². The lowest BCUT2D eigenvalue weighted by molar-refractivity contribution is -0.934. The van der Waals surface area contributed by atoms with Gasteiger partial charge in [-0.15, -0.1) is 0 Å². The normalized spacial score (nSPS) is 29.8. The molecule has 19 heavy (non-hydrogen) atoms. The Bertz CT molecular complexity index is 384. The van der Waals surface area contributed by atoms with Crippen molar-refractivity contribution in [2.24, 2.45) is 11.7 Å². The summed E-state index contributed by atoms with van der Waals surface area (Å²) in [6, 6.07) is -0.814. The quantitative estimate of drug-likeness (QED) is 0.468. The van der Waals surface area contributed by atoms with Crippen LogP contribution in [0.15, 0.2) is 0 Å². The molecule has 7 heteroatoms. The molecule has 0 aromatic rings. The Labute approximate surface area is 121 Å². The molecule has 1 aliphatic heterocycles. The van der Waals surface area contributed by atoms with Crippen molar-refractivity contribution in [3.63, 3.8) is 0 Å². The minimum atomic E-state index is -0.814. The Kier molecular flexibility index (Phi) is 4.64. The van der Waals surface area contributed by atoms with Crippen LogP contribution in [0.1, 0.15) is 34.1 Å². The van der Waals surface area contributed by atoms with Gasteiger partial charge in [-0.1, -0.05) is 15.9 Å². The number of carbonyl (C=O) groups excluding carboxylic acids is 2. The van der Waals surface area contributed by atoms with Gasteiger partial charge in [0.15, 0.2) is 0 Å². The molecule has 0 radical (unpaired) electrons. The summed E-state index contributed by atoms with van der Waals surface area (Å²) >= 11 is 3.03. The van der Waals surface area contributed by atoms with Crippen LogP contribution in [0.5, 0.6) is 0 Å². The number of hydroxylamine groups is 2. The molecule has 3 unspecified atom stereocenters. The molecule has 1 aliphatic rings. The zero-order valence-corrected chi connectivity index (χ0v) is 13.3. The van der Waals surface area contributed by atoms with Gasteiger partial charge in [0, 0.05) is 12.3 Å². The van der Waals surface area contributed by atoms with Crippen LogP contribution in [-0.4, -0.2) is 34.3 Å². The summed E-state index contributed by atoms with van der Waals surface area (Å²) in [6.07, 6.45) is 0.537. The molecule has 1 saturated heterocycles. The van der Waals surface area contributed by atoms with E-state index < -0.39 is 23.0 Å². The van der Waals surface area contributed by atoms with Gasteiger partial charge in [0.2, 0.25) is 11.8 Å². The average molecular weight is 336 g/mol. The van der Waals surface area contributed by atoms with Gasteiger partial charge in [-0.25, -0.2) is 0 Å². The number of primary amides is 1. The van der Waals surface area contributed by atoms with Crippen molar-refractivity contribution in [2.45, 2.75) is 51.2 Å². The Morgan fingerprint density at radius 1 is 1.47 bits per heavy atom. The van der Waals surface area contributed by atoms with E-state index in [1.807, 2.05) is 27.7 Å². The number of alkyl halides is 1. The van der Waals surface area contributed by atoms with Crippen LogP contribution in [0, 0.1) is 11.1 Å². The van der Waals surface area contributed by atoms with Crippen molar-refractivity contribution < 1.29 is 14.7 Å². The molecule has 0 aromatic carbocycles. The van der Waals surface area contributed by atoms with Crippen molar-refractivity contribution in [1.29, 1.82) is 0 Å².